The molecule has 0 fully saturated rings. The lowest BCUT2D eigenvalue weighted by Gasteiger charge is -2.09. The van der Waals surface area contributed by atoms with Gasteiger partial charge < -0.3 is 9.15 Å². The summed E-state index contributed by atoms with van der Waals surface area (Å²) in [6, 6.07) is 11.4. The van der Waals surface area contributed by atoms with Crippen LogP contribution in [-0.2, 0) is 11.3 Å². The Morgan fingerprint density at radius 1 is 1.25 bits per heavy atom. The molecule has 8 nitrogen and oxygen atoms in total. The van der Waals surface area contributed by atoms with Crippen LogP contribution < -0.4 is 5.69 Å². The van der Waals surface area contributed by atoms with E-state index in [2.05, 4.69) is 20.9 Å². The van der Waals surface area contributed by atoms with E-state index in [1.165, 1.54) is 16.7 Å². The van der Waals surface area contributed by atoms with Crippen molar-refractivity contribution in [3.05, 3.63) is 67.5 Å². The lowest BCUT2D eigenvalue weighted by molar-refractivity contribution is -0.384. The van der Waals surface area contributed by atoms with Gasteiger partial charge in [0.2, 0.25) is 0 Å². The van der Waals surface area contributed by atoms with E-state index in [0.717, 1.165) is 9.86 Å². The summed E-state index contributed by atoms with van der Waals surface area (Å²) in [5.41, 5.74) is 2.09. The minimum Gasteiger partial charge on any atom is -0.452 e. The number of methoxy groups -OCH3 is 1. The fourth-order valence-electron chi connectivity index (χ4n) is 3.11. The van der Waals surface area contributed by atoms with Crippen molar-refractivity contribution >= 4 is 43.7 Å². The average molecular weight is 444 g/mol. The molecule has 0 bridgehead atoms. The minimum atomic E-state index is -0.478. The summed E-state index contributed by atoms with van der Waals surface area (Å²) in [4.78, 5) is 27.4. The molecule has 4 rings (SSSR count). The molecular weight excluding hydrogens is 430 g/mol. The SMILES string of the molecule is COCCn1c(=O)nc(-c2ccc([N+](=O)[O-])cc2)c2oc3ccc(Br)cc3c21. The quantitative estimate of drug-likeness (QED) is 0.339. The summed E-state index contributed by atoms with van der Waals surface area (Å²) in [6.45, 7) is 0.661. The van der Waals surface area contributed by atoms with Gasteiger partial charge in [0, 0.05) is 34.7 Å². The normalized spacial score (nSPS) is 11.4. The highest BCUT2D eigenvalue weighted by molar-refractivity contribution is 9.10. The van der Waals surface area contributed by atoms with Crippen molar-refractivity contribution in [1.29, 1.82) is 0 Å². The van der Waals surface area contributed by atoms with Gasteiger partial charge in [-0.2, -0.15) is 4.98 Å². The van der Waals surface area contributed by atoms with Gasteiger partial charge in [-0.25, -0.2) is 4.79 Å². The smallest absolute Gasteiger partial charge is 0.348 e. The van der Waals surface area contributed by atoms with Crippen molar-refractivity contribution in [2.45, 2.75) is 6.54 Å². The van der Waals surface area contributed by atoms with Crippen molar-refractivity contribution < 1.29 is 14.1 Å². The molecule has 2 aromatic heterocycles. The maximum atomic E-state index is 12.8. The Morgan fingerprint density at radius 3 is 2.68 bits per heavy atom. The average Bonchev–Trinajstić information content (AvgIpc) is 3.05. The molecule has 0 saturated carbocycles. The van der Waals surface area contributed by atoms with E-state index < -0.39 is 10.6 Å². The summed E-state index contributed by atoms with van der Waals surface area (Å²) in [5.74, 6) is 0. The number of nitrogens with zero attached hydrogens (tertiary/aromatic N) is 3. The van der Waals surface area contributed by atoms with Crippen LogP contribution in [0.1, 0.15) is 0 Å². The van der Waals surface area contributed by atoms with E-state index in [1.807, 2.05) is 18.2 Å². The lowest BCUT2D eigenvalue weighted by atomic mass is 10.1. The molecule has 9 heteroatoms. The molecular formula is C19H14BrN3O5. The first-order valence-corrected chi connectivity index (χ1v) is 9.15. The zero-order valence-electron chi connectivity index (χ0n) is 14.7. The molecule has 4 aromatic rings. The summed E-state index contributed by atoms with van der Waals surface area (Å²) in [7, 11) is 1.56. The van der Waals surface area contributed by atoms with E-state index in [-0.39, 0.29) is 5.69 Å². The molecule has 0 aliphatic carbocycles. The lowest BCUT2D eigenvalue weighted by Crippen LogP contribution is -2.25. The van der Waals surface area contributed by atoms with E-state index in [4.69, 9.17) is 9.15 Å². The van der Waals surface area contributed by atoms with Gasteiger partial charge in [-0.15, -0.1) is 0 Å². The van der Waals surface area contributed by atoms with Crippen molar-refractivity contribution in [2.24, 2.45) is 0 Å². The van der Waals surface area contributed by atoms with Crippen LogP contribution in [0.3, 0.4) is 0 Å². The number of hydrogen-bond donors (Lipinski definition) is 0. The molecule has 28 heavy (non-hydrogen) atoms. The van der Waals surface area contributed by atoms with Gasteiger partial charge in [-0.1, -0.05) is 15.9 Å². The van der Waals surface area contributed by atoms with Crippen molar-refractivity contribution in [1.82, 2.24) is 9.55 Å². The van der Waals surface area contributed by atoms with Gasteiger partial charge in [0.1, 0.15) is 16.8 Å². The number of benzene rings is 2. The van der Waals surface area contributed by atoms with Crippen molar-refractivity contribution in [2.75, 3.05) is 13.7 Å². The topological polar surface area (TPSA) is 100 Å². The number of furan rings is 1. The first-order chi connectivity index (χ1) is 13.5. The number of fused-ring (bicyclic) bond motifs is 3. The third-order valence-electron chi connectivity index (χ3n) is 4.42. The van der Waals surface area contributed by atoms with Crippen molar-refractivity contribution in [3.63, 3.8) is 0 Å². The highest BCUT2D eigenvalue weighted by atomic mass is 79.9. The summed E-state index contributed by atoms with van der Waals surface area (Å²) < 4.78 is 13.5. The van der Waals surface area contributed by atoms with Crippen LogP contribution in [0, 0.1) is 10.1 Å². The summed E-state index contributed by atoms with van der Waals surface area (Å²) in [6.07, 6.45) is 0. The molecule has 0 radical (unpaired) electrons. The third kappa shape index (κ3) is 3.08. The van der Waals surface area contributed by atoms with Crippen LogP contribution in [0.2, 0.25) is 0 Å². The van der Waals surface area contributed by atoms with E-state index in [9.17, 15) is 14.9 Å². The maximum Gasteiger partial charge on any atom is 0.348 e. The number of nitro groups is 1. The van der Waals surface area contributed by atoms with Gasteiger partial charge >= 0.3 is 5.69 Å². The molecule has 0 atom stereocenters. The molecule has 142 valence electrons. The second-order valence-corrected chi connectivity index (χ2v) is 7.03. The van der Waals surface area contributed by atoms with Gasteiger partial charge in [-0.05, 0) is 30.3 Å². The highest BCUT2D eigenvalue weighted by Crippen LogP contribution is 2.35. The Morgan fingerprint density at radius 2 is 2.00 bits per heavy atom. The fraction of sp³-hybridized carbons (Fsp3) is 0.158. The monoisotopic (exact) mass is 443 g/mol. The largest absolute Gasteiger partial charge is 0.452 e. The second kappa shape index (κ2) is 7.17. The fourth-order valence-corrected chi connectivity index (χ4v) is 3.48. The summed E-state index contributed by atoms with van der Waals surface area (Å²) >= 11 is 3.45. The Hall–Kier alpha value is -3.04. The molecule has 2 aromatic carbocycles. The van der Waals surface area contributed by atoms with Crippen LogP contribution in [0.4, 0.5) is 5.69 Å². The molecule has 0 saturated heterocycles. The van der Waals surface area contributed by atoms with Crippen molar-refractivity contribution in [3.8, 4) is 11.3 Å². The number of hydrogen-bond acceptors (Lipinski definition) is 6. The zero-order valence-corrected chi connectivity index (χ0v) is 16.3. The third-order valence-corrected chi connectivity index (χ3v) is 4.91. The van der Waals surface area contributed by atoms with Crippen LogP contribution >= 0.6 is 15.9 Å². The number of rotatable bonds is 5. The van der Waals surface area contributed by atoms with E-state index in [1.54, 1.807) is 19.2 Å². The zero-order chi connectivity index (χ0) is 19.8. The Kier molecular flexibility index (Phi) is 4.70. The molecule has 0 spiro atoms. The van der Waals surface area contributed by atoms with Gasteiger partial charge in [0.25, 0.3) is 5.69 Å². The van der Waals surface area contributed by atoms with E-state index >= 15 is 0 Å². The predicted molar refractivity (Wildman–Crippen MR) is 107 cm³/mol. The Bertz CT molecular complexity index is 1260. The Balaban J connectivity index is 2.04. The Labute approximate surface area is 166 Å². The molecule has 2 heterocycles. The van der Waals surface area contributed by atoms with Crippen LogP contribution in [0.15, 0.2) is 56.1 Å². The number of ether oxygens (including phenoxy) is 1. The highest BCUT2D eigenvalue weighted by Gasteiger charge is 2.20. The predicted octanol–water partition coefficient (Wildman–Crippen LogP) is 4.13. The maximum absolute atomic E-state index is 12.8. The number of aromatic nitrogens is 2. The minimum absolute atomic E-state index is 0.0398. The summed E-state index contributed by atoms with van der Waals surface area (Å²) in [5, 5.41) is 11.7. The van der Waals surface area contributed by atoms with Crippen LogP contribution in [0.5, 0.6) is 0 Å². The number of halogens is 1. The van der Waals surface area contributed by atoms with Crippen LogP contribution in [0.25, 0.3) is 33.3 Å². The molecule has 0 aliphatic heterocycles. The standard InChI is InChI=1S/C19H14BrN3O5/c1-27-9-8-22-17-14-10-12(20)4-7-15(14)28-18(17)16(21-19(22)24)11-2-5-13(6-3-11)23(25)26/h2-7,10H,8-9H2,1H3. The van der Waals surface area contributed by atoms with E-state index in [0.29, 0.717) is 41.1 Å². The van der Waals surface area contributed by atoms with Gasteiger partial charge in [0.05, 0.1) is 18.1 Å². The molecule has 0 aliphatic rings. The molecule has 0 unspecified atom stereocenters. The first-order valence-electron chi connectivity index (χ1n) is 8.36. The van der Waals surface area contributed by atoms with Gasteiger partial charge in [-0.3, -0.25) is 14.7 Å². The first kappa shape index (κ1) is 18.3. The number of nitro benzene ring substituents is 1. The second-order valence-electron chi connectivity index (χ2n) is 6.11. The molecule has 0 amide bonds. The molecule has 0 N–H and O–H groups in total. The van der Waals surface area contributed by atoms with Gasteiger partial charge in [0.15, 0.2) is 5.58 Å². The van der Waals surface area contributed by atoms with Crippen LogP contribution in [-0.4, -0.2) is 28.2 Å². The number of non-ortho nitro benzene ring substituents is 1.